The summed E-state index contributed by atoms with van der Waals surface area (Å²) in [6.07, 6.45) is 14.1. The van der Waals surface area contributed by atoms with Gasteiger partial charge in [0.05, 0.1) is 57.5 Å². The summed E-state index contributed by atoms with van der Waals surface area (Å²) in [6.45, 7) is 0. The summed E-state index contributed by atoms with van der Waals surface area (Å²) in [7, 11) is 0. The van der Waals surface area contributed by atoms with Crippen LogP contribution in [0.4, 0.5) is 0 Å². The molecule has 39 heteroatoms. The first-order valence-corrected chi connectivity index (χ1v) is 16.2. The van der Waals surface area contributed by atoms with Gasteiger partial charge in [0.2, 0.25) is 0 Å². The van der Waals surface area contributed by atoms with Gasteiger partial charge in [0.1, 0.15) is 0 Å². The molecule has 0 bridgehead atoms. The summed E-state index contributed by atoms with van der Waals surface area (Å²) in [5.74, 6) is -4.37. The Morgan fingerprint density at radius 2 is 0.296 bits per heavy atom. The Morgan fingerprint density at radius 3 is 0.346 bits per heavy atom. The minimum atomic E-state index is -2.19. The van der Waals surface area contributed by atoms with Crippen molar-refractivity contribution < 1.29 is 284 Å². The maximum absolute atomic E-state index is 8.93. The molecule has 0 atom stereocenters. The SMILES string of the molecule is O=C([O-])C(=O)[O-].[Co+3].[Co+3].[O-2].[O-2].[O-2].[O-2].[O-2].[O-2].[O-2].[O-2].[O-2].[O-2].[O-2].[O-2].[O-2].[O-2].[O-2].[O-2].[O-2].[O-2].[O-2].[W].[W].[W].[W].[W].[W].c1ccc(-c2ccccn2)nc1.c1ccc(-c2ccccn2)nc1.c1ccc(-c2ccccn2)nc1.c1ccc(-c2ccccn2)nc1. The van der Waals surface area contributed by atoms with E-state index in [4.69, 9.17) is 19.8 Å². The van der Waals surface area contributed by atoms with E-state index in [1.54, 1.807) is 49.6 Å². The molecule has 0 N–H and O–H groups in total. The molecule has 0 unspecified atom stereocenters. The molecular formula is C42H32Co2N8O23W6-34. The van der Waals surface area contributed by atoms with Crippen molar-refractivity contribution in [3.8, 4) is 45.6 Å². The molecular weight excluding hydrogens is 2210 g/mol. The number of aliphatic carboxylic acids is 2. The van der Waals surface area contributed by atoms with Crippen LogP contribution in [0.5, 0.6) is 0 Å². The van der Waals surface area contributed by atoms with Gasteiger partial charge in [-0.3, -0.25) is 39.9 Å². The van der Waals surface area contributed by atoms with Gasteiger partial charge in [-0.1, -0.05) is 48.5 Å². The van der Waals surface area contributed by atoms with Crippen LogP contribution in [0.3, 0.4) is 0 Å². The topological polar surface area (TPSA) is 725 Å². The minimum Gasteiger partial charge on any atom is -2.00 e. The molecule has 0 fully saturated rings. The number of carbonyl (C=O) groups is 2. The number of aromatic nitrogens is 8. The largest absolute Gasteiger partial charge is 3.00 e. The van der Waals surface area contributed by atoms with Crippen LogP contribution in [0.2, 0.25) is 0 Å². The second kappa shape index (κ2) is 98.6. The fourth-order valence-electron chi connectivity index (χ4n) is 4.11. The molecule has 8 aromatic rings. The molecule has 0 amide bonds. The van der Waals surface area contributed by atoms with Crippen molar-refractivity contribution in [2.75, 3.05) is 0 Å². The number of hydrogen-bond acceptors (Lipinski definition) is 12. The van der Waals surface area contributed by atoms with Crippen LogP contribution in [0.15, 0.2) is 195 Å². The van der Waals surface area contributed by atoms with Crippen LogP contribution >= 0.6 is 0 Å². The first-order valence-electron chi connectivity index (χ1n) is 16.2. The van der Waals surface area contributed by atoms with Crippen molar-refractivity contribution in [2.24, 2.45) is 0 Å². The summed E-state index contributed by atoms with van der Waals surface area (Å²) >= 11 is 0. The van der Waals surface area contributed by atoms with Crippen molar-refractivity contribution >= 4 is 11.9 Å². The van der Waals surface area contributed by atoms with Gasteiger partial charge in [-0.25, -0.2) is 0 Å². The number of carboxylic acid groups (broad SMARTS) is 2. The number of pyridine rings is 8. The Bertz CT molecular complexity index is 1820. The molecule has 81 heavy (non-hydrogen) atoms. The van der Waals surface area contributed by atoms with Gasteiger partial charge >= 0.3 is 33.6 Å². The van der Waals surface area contributed by atoms with E-state index in [2.05, 4.69) is 39.9 Å². The molecule has 0 radical (unpaired) electrons. The third kappa shape index (κ3) is 65.5. The second-order valence-corrected chi connectivity index (χ2v) is 10.3. The monoisotopic (exact) mass is 2240 g/mol. The maximum Gasteiger partial charge on any atom is 3.00 e. The molecule has 0 aliphatic heterocycles. The van der Waals surface area contributed by atoms with Gasteiger partial charge in [0, 0.05) is 176 Å². The third-order valence-corrected chi connectivity index (χ3v) is 6.54. The van der Waals surface area contributed by atoms with Gasteiger partial charge in [0.25, 0.3) is 0 Å². The standard InChI is InChI=1S/4C10H8N2.C2H2O4.2Co.19O.6W/c4*1-3-7-11-9(5-1)10-6-2-4-8-12-10;3-1(4)2(5)6;;;;;;;;;;;;;;;;;;;;;;;;;;;/h4*1-8H;(H,3,4)(H,5,6);;;;;;;;;;;;;;;;;;;;;;;;;;;/q;;;;;2*+3;19*-2;;;;;;/p-2. The first-order chi connectivity index (χ1) is 26.5. The van der Waals surface area contributed by atoms with E-state index in [0.29, 0.717) is 0 Å². The van der Waals surface area contributed by atoms with Gasteiger partial charge in [-0.15, -0.1) is 0 Å². The van der Waals surface area contributed by atoms with Gasteiger partial charge in [-0.05, 0) is 97.1 Å². The van der Waals surface area contributed by atoms with E-state index in [1.807, 2.05) is 146 Å². The predicted octanol–water partition coefficient (Wildman–Crippen LogP) is 2.78. The van der Waals surface area contributed by atoms with Crippen LogP contribution in [0, 0.1) is 0 Å². The van der Waals surface area contributed by atoms with Crippen LogP contribution in [-0.4, -0.2) is 51.8 Å². The number of carbonyl (C=O) groups excluding carboxylic acids is 2. The smallest absolute Gasteiger partial charge is 2.00 e. The summed E-state index contributed by atoms with van der Waals surface area (Å²) in [5.41, 5.74) is 7.32. The van der Waals surface area contributed by atoms with Crippen molar-refractivity contribution in [3.05, 3.63) is 195 Å². The molecule has 0 aromatic carbocycles. The first kappa shape index (κ1) is 158. The molecule has 0 saturated heterocycles. The number of hydrogen-bond donors (Lipinski definition) is 0. The Hall–Kier alpha value is -3.48. The summed E-state index contributed by atoms with van der Waals surface area (Å²) < 4.78 is 0. The molecule has 0 saturated carbocycles. The molecule has 8 heterocycles. The maximum atomic E-state index is 8.93. The van der Waals surface area contributed by atoms with Crippen LogP contribution in [-0.2, 0) is 274 Å². The Labute approximate surface area is 570 Å². The second-order valence-electron chi connectivity index (χ2n) is 10.3. The van der Waals surface area contributed by atoms with E-state index in [-0.39, 0.29) is 264 Å². The predicted molar refractivity (Wildman–Crippen MR) is 213 cm³/mol. The number of rotatable bonds is 4. The quantitative estimate of drug-likeness (QED) is 0.230. The molecule has 466 valence electrons. The summed E-state index contributed by atoms with van der Waals surface area (Å²) in [6, 6.07) is 46.4. The fourth-order valence-corrected chi connectivity index (χ4v) is 4.11. The molecule has 31 nitrogen and oxygen atoms in total. The Kier molecular flexibility index (Phi) is 193. The number of nitrogens with zero attached hydrogens (tertiary/aromatic N) is 8. The van der Waals surface area contributed by atoms with E-state index in [9.17, 15) is 0 Å². The molecule has 0 aliphatic carbocycles. The van der Waals surface area contributed by atoms with Crippen molar-refractivity contribution in [1.82, 2.24) is 39.9 Å². The molecule has 8 aromatic heterocycles. The van der Waals surface area contributed by atoms with Gasteiger partial charge in [0.15, 0.2) is 0 Å². The molecule has 0 spiro atoms. The average Bonchev–Trinajstić information content (AvgIpc) is 3.27. The Morgan fingerprint density at radius 1 is 0.210 bits per heavy atom. The van der Waals surface area contributed by atoms with Gasteiger partial charge in [-0.2, -0.15) is 0 Å². The minimum absolute atomic E-state index is 0. The van der Waals surface area contributed by atoms with Crippen LogP contribution in [0.25, 0.3) is 45.6 Å². The van der Waals surface area contributed by atoms with E-state index in [0.717, 1.165) is 45.6 Å². The third-order valence-electron chi connectivity index (χ3n) is 6.54. The summed E-state index contributed by atoms with van der Waals surface area (Å²) in [5, 5.41) is 17.9. The van der Waals surface area contributed by atoms with Crippen LogP contribution < -0.4 is 10.2 Å². The molecule has 0 aliphatic rings. The zero-order chi connectivity index (χ0) is 38.1. The van der Waals surface area contributed by atoms with Crippen molar-refractivity contribution in [1.29, 1.82) is 0 Å². The van der Waals surface area contributed by atoms with Crippen molar-refractivity contribution in [3.63, 3.8) is 0 Å². The zero-order valence-electron chi connectivity index (χ0n) is 39.6. The van der Waals surface area contributed by atoms with E-state index < -0.39 is 11.9 Å². The normalized spacial score (nSPS) is 6.27. The van der Waals surface area contributed by atoms with E-state index in [1.165, 1.54) is 0 Å². The zero-order valence-corrected chi connectivity index (χ0v) is 59.2. The van der Waals surface area contributed by atoms with Gasteiger partial charge < -0.3 is 124 Å². The van der Waals surface area contributed by atoms with Crippen LogP contribution in [0.1, 0.15) is 0 Å². The van der Waals surface area contributed by atoms with Crippen molar-refractivity contribution in [2.45, 2.75) is 0 Å². The number of carboxylic acids is 2. The average molecular weight is 2240 g/mol. The fraction of sp³-hybridized carbons (Fsp3) is 0. The van der Waals surface area contributed by atoms with E-state index >= 15 is 0 Å². The molecule has 8 rings (SSSR count). The Balaban J connectivity index is -0.0000000213. The summed E-state index contributed by atoms with van der Waals surface area (Å²) in [4.78, 5) is 51.3.